The number of phenols is 2. The summed E-state index contributed by atoms with van der Waals surface area (Å²) in [4.78, 5) is 11.8. The molecule has 4 heteroatoms. The first-order valence-electron chi connectivity index (χ1n) is 5.81. The van der Waals surface area contributed by atoms with Crippen LogP contribution in [0.4, 0.5) is 0 Å². The lowest BCUT2D eigenvalue weighted by Gasteiger charge is -2.08. The minimum atomic E-state index is -0.754. The van der Waals surface area contributed by atoms with Crippen molar-refractivity contribution in [2.75, 3.05) is 0 Å². The third-order valence-electron chi connectivity index (χ3n) is 2.72. The SMILES string of the molecule is Cc1ccc(COC(=O)c2c(O)cccc2O)cc1. The Hall–Kier alpha value is -2.49. The van der Waals surface area contributed by atoms with Gasteiger partial charge in [0, 0.05) is 0 Å². The molecular weight excluding hydrogens is 244 g/mol. The van der Waals surface area contributed by atoms with Gasteiger partial charge < -0.3 is 14.9 Å². The number of aromatic hydroxyl groups is 2. The fourth-order valence-corrected chi connectivity index (χ4v) is 1.64. The van der Waals surface area contributed by atoms with E-state index >= 15 is 0 Å². The van der Waals surface area contributed by atoms with Crippen molar-refractivity contribution in [2.45, 2.75) is 13.5 Å². The van der Waals surface area contributed by atoms with E-state index in [1.54, 1.807) is 0 Å². The number of esters is 1. The molecule has 4 nitrogen and oxygen atoms in total. The van der Waals surface area contributed by atoms with Crippen LogP contribution in [-0.2, 0) is 11.3 Å². The van der Waals surface area contributed by atoms with E-state index in [0.717, 1.165) is 11.1 Å². The van der Waals surface area contributed by atoms with Gasteiger partial charge in [0.05, 0.1) is 0 Å². The van der Waals surface area contributed by atoms with E-state index in [0.29, 0.717) is 0 Å². The van der Waals surface area contributed by atoms with Gasteiger partial charge in [0.1, 0.15) is 23.7 Å². The number of rotatable bonds is 3. The van der Waals surface area contributed by atoms with Gasteiger partial charge in [-0.15, -0.1) is 0 Å². The predicted octanol–water partition coefficient (Wildman–Crippen LogP) is 2.76. The standard InChI is InChI=1S/C15H14O4/c1-10-5-7-11(8-6-10)9-19-15(18)14-12(16)3-2-4-13(14)17/h2-8,16-17H,9H2,1H3. The summed E-state index contributed by atoms with van der Waals surface area (Å²) in [7, 11) is 0. The zero-order valence-electron chi connectivity index (χ0n) is 10.5. The molecule has 0 aromatic heterocycles. The first kappa shape index (κ1) is 13.0. The van der Waals surface area contributed by atoms with Crippen molar-refractivity contribution in [3.63, 3.8) is 0 Å². The molecule has 2 aromatic carbocycles. The number of carbonyl (C=O) groups is 1. The van der Waals surface area contributed by atoms with Crippen molar-refractivity contribution < 1.29 is 19.7 Å². The highest BCUT2D eigenvalue weighted by Crippen LogP contribution is 2.27. The van der Waals surface area contributed by atoms with Crippen LogP contribution in [0.1, 0.15) is 21.5 Å². The Morgan fingerprint density at radius 2 is 1.63 bits per heavy atom. The highest BCUT2D eigenvalue weighted by molar-refractivity contribution is 5.95. The molecule has 2 aromatic rings. The molecule has 0 fully saturated rings. The van der Waals surface area contributed by atoms with E-state index in [9.17, 15) is 15.0 Å². The molecule has 0 spiro atoms. The molecule has 19 heavy (non-hydrogen) atoms. The van der Waals surface area contributed by atoms with E-state index in [4.69, 9.17) is 4.74 Å². The average molecular weight is 258 g/mol. The Kier molecular flexibility index (Phi) is 3.71. The van der Waals surface area contributed by atoms with E-state index in [2.05, 4.69) is 0 Å². The molecule has 0 aliphatic heterocycles. The van der Waals surface area contributed by atoms with Crippen molar-refractivity contribution in [3.05, 3.63) is 59.2 Å². The zero-order chi connectivity index (χ0) is 13.8. The minimum absolute atomic E-state index is 0.0902. The molecule has 0 heterocycles. The number of ether oxygens (including phenoxy) is 1. The Bertz CT molecular complexity index is 567. The summed E-state index contributed by atoms with van der Waals surface area (Å²) in [6.07, 6.45) is 0. The van der Waals surface area contributed by atoms with Crippen LogP contribution in [0.15, 0.2) is 42.5 Å². The van der Waals surface area contributed by atoms with Crippen LogP contribution in [0, 0.1) is 6.92 Å². The lowest BCUT2D eigenvalue weighted by atomic mass is 10.1. The minimum Gasteiger partial charge on any atom is -0.507 e. The Labute approximate surface area is 110 Å². The van der Waals surface area contributed by atoms with Crippen molar-refractivity contribution in [1.82, 2.24) is 0 Å². The van der Waals surface area contributed by atoms with Gasteiger partial charge >= 0.3 is 5.97 Å². The number of hydrogen-bond donors (Lipinski definition) is 2. The first-order valence-corrected chi connectivity index (χ1v) is 5.81. The maximum absolute atomic E-state index is 11.8. The molecule has 0 aliphatic rings. The third kappa shape index (κ3) is 3.04. The van der Waals surface area contributed by atoms with Gasteiger partial charge in [-0.05, 0) is 24.6 Å². The second kappa shape index (κ2) is 5.44. The highest BCUT2D eigenvalue weighted by Gasteiger charge is 2.17. The molecular formula is C15H14O4. The predicted molar refractivity (Wildman–Crippen MR) is 70.1 cm³/mol. The topological polar surface area (TPSA) is 66.8 Å². The van der Waals surface area contributed by atoms with Gasteiger partial charge in [0.2, 0.25) is 0 Å². The Morgan fingerprint density at radius 3 is 2.21 bits per heavy atom. The lowest BCUT2D eigenvalue weighted by Crippen LogP contribution is -2.06. The molecule has 0 bridgehead atoms. The van der Waals surface area contributed by atoms with Gasteiger partial charge in [-0.1, -0.05) is 35.9 Å². The molecule has 2 N–H and O–H groups in total. The Morgan fingerprint density at radius 1 is 1.05 bits per heavy atom. The van der Waals surface area contributed by atoms with E-state index in [1.807, 2.05) is 31.2 Å². The van der Waals surface area contributed by atoms with Crippen molar-refractivity contribution in [2.24, 2.45) is 0 Å². The highest BCUT2D eigenvalue weighted by atomic mass is 16.5. The van der Waals surface area contributed by atoms with E-state index in [1.165, 1.54) is 18.2 Å². The molecule has 0 unspecified atom stereocenters. The van der Waals surface area contributed by atoms with Crippen molar-refractivity contribution >= 4 is 5.97 Å². The number of hydrogen-bond acceptors (Lipinski definition) is 4. The summed E-state index contributed by atoms with van der Waals surface area (Å²) in [6.45, 7) is 2.06. The molecule has 2 rings (SSSR count). The van der Waals surface area contributed by atoms with E-state index < -0.39 is 5.97 Å². The molecule has 0 radical (unpaired) electrons. The molecule has 0 saturated heterocycles. The van der Waals surface area contributed by atoms with E-state index in [-0.39, 0.29) is 23.7 Å². The first-order chi connectivity index (χ1) is 9.08. The fourth-order valence-electron chi connectivity index (χ4n) is 1.64. The largest absolute Gasteiger partial charge is 0.507 e. The van der Waals surface area contributed by atoms with Crippen molar-refractivity contribution in [1.29, 1.82) is 0 Å². The van der Waals surface area contributed by atoms with Crippen molar-refractivity contribution in [3.8, 4) is 11.5 Å². The molecule has 0 amide bonds. The maximum atomic E-state index is 11.8. The van der Waals surface area contributed by atoms with Gasteiger partial charge in [0.25, 0.3) is 0 Å². The smallest absolute Gasteiger partial charge is 0.346 e. The Balaban J connectivity index is 2.07. The van der Waals surface area contributed by atoms with Crippen LogP contribution in [0.3, 0.4) is 0 Å². The summed E-state index contributed by atoms with van der Waals surface area (Å²) in [6, 6.07) is 11.6. The van der Waals surface area contributed by atoms with Crippen LogP contribution in [-0.4, -0.2) is 16.2 Å². The number of carbonyl (C=O) groups excluding carboxylic acids is 1. The summed E-state index contributed by atoms with van der Waals surface area (Å²) in [5.74, 6) is -1.35. The van der Waals surface area contributed by atoms with Gasteiger partial charge in [-0.2, -0.15) is 0 Å². The molecule has 0 atom stereocenters. The molecule has 0 aliphatic carbocycles. The number of phenolic OH excluding ortho intramolecular Hbond substituents is 2. The fraction of sp³-hybridized carbons (Fsp3) is 0.133. The summed E-state index contributed by atoms with van der Waals surface area (Å²) in [5, 5.41) is 19.1. The lowest BCUT2D eigenvalue weighted by molar-refractivity contribution is 0.0466. The number of aryl methyl sites for hydroxylation is 1. The van der Waals surface area contributed by atoms with Crippen LogP contribution < -0.4 is 0 Å². The van der Waals surface area contributed by atoms with Gasteiger partial charge in [0.15, 0.2) is 0 Å². The second-order valence-corrected chi connectivity index (χ2v) is 4.23. The average Bonchev–Trinajstić information content (AvgIpc) is 2.38. The number of benzene rings is 2. The summed E-state index contributed by atoms with van der Waals surface area (Å²) >= 11 is 0. The van der Waals surface area contributed by atoms with Crippen LogP contribution in [0.2, 0.25) is 0 Å². The van der Waals surface area contributed by atoms with Crippen LogP contribution >= 0.6 is 0 Å². The molecule has 0 saturated carbocycles. The summed E-state index contributed by atoms with van der Waals surface area (Å²) in [5.41, 5.74) is 1.75. The second-order valence-electron chi connectivity index (χ2n) is 4.23. The van der Waals surface area contributed by atoms with Gasteiger partial charge in [-0.25, -0.2) is 4.79 Å². The zero-order valence-corrected chi connectivity index (χ0v) is 10.5. The van der Waals surface area contributed by atoms with Crippen LogP contribution in [0.25, 0.3) is 0 Å². The third-order valence-corrected chi connectivity index (χ3v) is 2.72. The van der Waals surface area contributed by atoms with Gasteiger partial charge in [-0.3, -0.25) is 0 Å². The van der Waals surface area contributed by atoms with Crippen LogP contribution in [0.5, 0.6) is 11.5 Å². The monoisotopic (exact) mass is 258 g/mol. The molecule has 98 valence electrons. The quantitative estimate of drug-likeness (QED) is 0.831. The normalized spacial score (nSPS) is 10.2. The maximum Gasteiger partial charge on any atom is 0.346 e. The summed E-state index contributed by atoms with van der Waals surface area (Å²) < 4.78 is 5.06.